The van der Waals surface area contributed by atoms with Gasteiger partial charge in [0.2, 0.25) is 10.0 Å². The summed E-state index contributed by atoms with van der Waals surface area (Å²) in [7, 11) is -3.81. The maximum absolute atomic E-state index is 12.4. The van der Waals surface area contributed by atoms with Gasteiger partial charge in [0, 0.05) is 0 Å². The highest BCUT2D eigenvalue weighted by Crippen LogP contribution is 2.39. The van der Waals surface area contributed by atoms with Crippen molar-refractivity contribution in [3.8, 4) is 6.07 Å². The van der Waals surface area contributed by atoms with E-state index in [1.54, 1.807) is 13.8 Å². The number of hydrogen-bond acceptors (Lipinski definition) is 5. The van der Waals surface area contributed by atoms with E-state index in [1.807, 2.05) is 6.07 Å². The number of ether oxygens (including phenoxy) is 1. The third-order valence-electron chi connectivity index (χ3n) is 3.65. The highest BCUT2D eigenvalue weighted by atomic mass is 32.2. The van der Waals surface area contributed by atoms with Crippen LogP contribution in [0.5, 0.6) is 0 Å². The molecule has 0 aromatic heterocycles. The molecule has 1 saturated carbocycles. The summed E-state index contributed by atoms with van der Waals surface area (Å²) in [4.78, 5) is 11.6. The third-order valence-corrected chi connectivity index (χ3v) is 5.23. The van der Waals surface area contributed by atoms with E-state index in [0.29, 0.717) is 0 Å². The van der Waals surface area contributed by atoms with Gasteiger partial charge >= 0.3 is 5.97 Å². The summed E-state index contributed by atoms with van der Waals surface area (Å²) in [6.07, 6.45) is 1.68. The first-order chi connectivity index (χ1) is 10.3. The number of carbonyl (C=O) groups excluding carboxylic acids is 1. The van der Waals surface area contributed by atoms with Gasteiger partial charge in [0.1, 0.15) is 5.54 Å². The van der Waals surface area contributed by atoms with Gasteiger partial charge in [-0.25, -0.2) is 13.2 Å². The molecule has 22 heavy (non-hydrogen) atoms. The fourth-order valence-corrected chi connectivity index (χ4v) is 3.56. The first-order valence-corrected chi connectivity index (χ1v) is 8.53. The molecule has 0 aliphatic heterocycles. The molecule has 7 heteroatoms. The molecule has 1 aliphatic rings. The number of benzene rings is 1. The predicted molar refractivity (Wildman–Crippen MR) is 79.5 cm³/mol. The number of nitrogens with one attached hydrogen (secondary N) is 1. The standard InChI is InChI=1S/C15H18N2O4S/c1-3-21-14(18)11-4-8-13(9-5-11)22(19,20)17-15(2,10-16)12-6-7-12/h4-5,8-9,12,17H,3,6-7H2,1-2H3/t15-/m1/s1. The molecule has 1 aromatic carbocycles. The Kier molecular flexibility index (Phi) is 4.54. The SMILES string of the molecule is CCOC(=O)c1ccc(S(=O)(=O)N[C@](C)(C#N)C2CC2)cc1. The normalized spacial score (nSPS) is 17.3. The molecule has 1 aromatic rings. The minimum absolute atomic E-state index is 0.0164. The lowest BCUT2D eigenvalue weighted by molar-refractivity contribution is 0.0526. The second kappa shape index (κ2) is 6.07. The lowest BCUT2D eigenvalue weighted by Crippen LogP contribution is -2.46. The Balaban J connectivity index is 2.19. The Hall–Kier alpha value is -1.91. The number of carbonyl (C=O) groups is 1. The lowest BCUT2D eigenvalue weighted by Gasteiger charge is -2.22. The van der Waals surface area contributed by atoms with Crippen molar-refractivity contribution in [1.29, 1.82) is 5.26 Å². The van der Waals surface area contributed by atoms with Crippen LogP contribution in [0.3, 0.4) is 0 Å². The fourth-order valence-electron chi connectivity index (χ4n) is 2.18. The highest BCUT2D eigenvalue weighted by molar-refractivity contribution is 7.89. The molecule has 0 unspecified atom stereocenters. The van der Waals surface area contributed by atoms with Gasteiger partial charge in [-0.1, -0.05) is 0 Å². The Bertz CT molecular complexity index is 702. The molecule has 0 bridgehead atoms. The van der Waals surface area contributed by atoms with Gasteiger partial charge in [-0.15, -0.1) is 0 Å². The molecule has 1 N–H and O–H groups in total. The van der Waals surface area contributed by atoms with E-state index in [1.165, 1.54) is 24.3 Å². The number of rotatable bonds is 6. The van der Waals surface area contributed by atoms with Crippen LogP contribution in [0.4, 0.5) is 0 Å². The minimum atomic E-state index is -3.81. The summed E-state index contributed by atoms with van der Waals surface area (Å²) >= 11 is 0. The van der Waals surface area contributed by atoms with Gasteiger partial charge in [0.25, 0.3) is 0 Å². The van der Waals surface area contributed by atoms with Gasteiger partial charge in [-0.3, -0.25) is 0 Å². The molecule has 0 saturated heterocycles. The number of nitrogens with zero attached hydrogens (tertiary/aromatic N) is 1. The van der Waals surface area contributed by atoms with Gasteiger partial charge in [0.05, 0.1) is 23.1 Å². The van der Waals surface area contributed by atoms with Crippen LogP contribution < -0.4 is 4.72 Å². The number of sulfonamides is 1. The second-order valence-corrected chi connectivity index (χ2v) is 7.12. The number of esters is 1. The topological polar surface area (TPSA) is 96.3 Å². The third kappa shape index (κ3) is 3.46. The molecule has 1 aliphatic carbocycles. The molecule has 1 atom stereocenters. The van der Waals surface area contributed by atoms with Crippen molar-refractivity contribution in [1.82, 2.24) is 4.72 Å². The van der Waals surface area contributed by atoms with E-state index >= 15 is 0 Å². The van der Waals surface area contributed by atoms with Crippen LogP contribution in [0.2, 0.25) is 0 Å². The van der Waals surface area contributed by atoms with Gasteiger partial charge in [0.15, 0.2) is 0 Å². The Morgan fingerprint density at radius 2 is 2.00 bits per heavy atom. The van der Waals surface area contributed by atoms with Crippen LogP contribution in [0, 0.1) is 17.2 Å². The minimum Gasteiger partial charge on any atom is -0.462 e. The summed E-state index contributed by atoms with van der Waals surface area (Å²) in [5.74, 6) is -0.453. The van der Waals surface area contributed by atoms with Gasteiger partial charge in [-0.2, -0.15) is 9.98 Å². The van der Waals surface area contributed by atoms with Crippen molar-refractivity contribution < 1.29 is 17.9 Å². The van der Waals surface area contributed by atoms with E-state index in [2.05, 4.69) is 4.72 Å². The van der Waals surface area contributed by atoms with Crippen LogP contribution in [0.15, 0.2) is 29.2 Å². The van der Waals surface area contributed by atoms with Crippen molar-refractivity contribution in [2.75, 3.05) is 6.61 Å². The molecule has 0 amide bonds. The van der Waals surface area contributed by atoms with E-state index in [0.717, 1.165) is 12.8 Å². The van der Waals surface area contributed by atoms with Crippen LogP contribution in [-0.2, 0) is 14.8 Å². The van der Waals surface area contributed by atoms with E-state index in [9.17, 15) is 18.5 Å². The molecule has 0 spiro atoms. The van der Waals surface area contributed by atoms with Crippen molar-refractivity contribution >= 4 is 16.0 Å². The summed E-state index contributed by atoms with van der Waals surface area (Å²) in [5.41, 5.74) is -0.815. The monoisotopic (exact) mass is 322 g/mol. The van der Waals surface area contributed by atoms with E-state index in [-0.39, 0.29) is 23.0 Å². The Morgan fingerprint density at radius 3 is 2.45 bits per heavy atom. The molecule has 0 radical (unpaired) electrons. The molecule has 118 valence electrons. The Labute approximate surface area is 130 Å². The van der Waals surface area contributed by atoms with Crippen LogP contribution in [-0.4, -0.2) is 26.5 Å². The number of hydrogen-bond donors (Lipinski definition) is 1. The van der Waals surface area contributed by atoms with Crippen molar-refractivity contribution in [2.24, 2.45) is 5.92 Å². The molecule has 6 nitrogen and oxygen atoms in total. The van der Waals surface area contributed by atoms with E-state index < -0.39 is 21.5 Å². The molecule has 2 rings (SSSR count). The average Bonchev–Trinajstić information content (AvgIpc) is 3.32. The predicted octanol–water partition coefficient (Wildman–Crippen LogP) is 1.83. The largest absolute Gasteiger partial charge is 0.462 e. The quantitative estimate of drug-likeness (QED) is 0.806. The zero-order valence-electron chi connectivity index (χ0n) is 12.5. The molecule has 0 heterocycles. The van der Waals surface area contributed by atoms with Crippen LogP contribution in [0.25, 0.3) is 0 Å². The second-order valence-electron chi connectivity index (χ2n) is 5.44. The van der Waals surface area contributed by atoms with E-state index in [4.69, 9.17) is 4.74 Å². The molecular weight excluding hydrogens is 304 g/mol. The fraction of sp³-hybridized carbons (Fsp3) is 0.467. The summed E-state index contributed by atoms with van der Waals surface area (Å²) in [5, 5.41) is 9.24. The van der Waals surface area contributed by atoms with Crippen molar-refractivity contribution in [2.45, 2.75) is 37.1 Å². The van der Waals surface area contributed by atoms with Crippen LogP contribution >= 0.6 is 0 Å². The highest BCUT2D eigenvalue weighted by Gasteiger charge is 2.44. The van der Waals surface area contributed by atoms with Gasteiger partial charge in [-0.05, 0) is 56.9 Å². The summed E-state index contributed by atoms with van der Waals surface area (Å²) < 4.78 is 32.0. The van der Waals surface area contributed by atoms with Crippen LogP contribution in [0.1, 0.15) is 37.0 Å². The van der Waals surface area contributed by atoms with Crippen molar-refractivity contribution in [3.05, 3.63) is 29.8 Å². The zero-order valence-corrected chi connectivity index (χ0v) is 13.3. The average molecular weight is 322 g/mol. The zero-order chi connectivity index (χ0) is 16.4. The maximum atomic E-state index is 12.4. The summed E-state index contributed by atoms with van der Waals surface area (Å²) in [6, 6.07) is 7.51. The Morgan fingerprint density at radius 1 is 1.41 bits per heavy atom. The molecular formula is C15H18N2O4S. The lowest BCUT2D eigenvalue weighted by atomic mass is 10.0. The van der Waals surface area contributed by atoms with Crippen molar-refractivity contribution in [3.63, 3.8) is 0 Å². The smallest absolute Gasteiger partial charge is 0.338 e. The maximum Gasteiger partial charge on any atom is 0.338 e. The first kappa shape index (κ1) is 16.5. The summed E-state index contributed by atoms with van der Waals surface area (Å²) in [6.45, 7) is 3.54. The van der Waals surface area contributed by atoms with Gasteiger partial charge < -0.3 is 4.74 Å². The first-order valence-electron chi connectivity index (χ1n) is 7.05. The number of nitriles is 1. The molecule has 1 fully saturated rings.